The molecule has 0 bridgehead atoms. The molecule has 0 atom stereocenters. The molecule has 0 unspecified atom stereocenters. The van der Waals surface area contributed by atoms with E-state index in [0.29, 0.717) is 5.75 Å². The van der Waals surface area contributed by atoms with Crippen LogP contribution in [-0.2, 0) is 0 Å². The zero-order chi connectivity index (χ0) is 13.8. The topological polar surface area (TPSA) is 46.5 Å². The minimum absolute atomic E-state index is 0.173. The first kappa shape index (κ1) is 13.5. The third-order valence-electron chi connectivity index (χ3n) is 2.84. The highest BCUT2D eigenvalue weighted by molar-refractivity contribution is 7.98. The van der Waals surface area contributed by atoms with Gasteiger partial charge in [0.1, 0.15) is 11.3 Å². The number of hydrogen-bond acceptors (Lipinski definition) is 3. The Balaban J connectivity index is 2.48. The van der Waals surface area contributed by atoms with Crippen LogP contribution in [0.1, 0.15) is 10.4 Å². The van der Waals surface area contributed by atoms with E-state index in [2.05, 4.69) is 6.07 Å². The molecule has 0 amide bonds. The minimum atomic E-state index is -0.985. The first-order valence-corrected chi connectivity index (χ1v) is 6.94. The average Bonchev–Trinajstić information content (AvgIpc) is 2.46. The van der Waals surface area contributed by atoms with Gasteiger partial charge in [-0.15, -0.1) is 11.8 Å². The molecule has 19 heavy (non-hydrogen) atoms. The summed E-state index contributed by atoms with van der Waals surface area (Å²) in [5, 5.41) is 9.06. The van der Waals surface area contributed by atoms with Crippen molar-refractivity contribution < 1.29 is 14.6 Å². The van der Waals surface area contributed by atoms with E-state index in [4.69, 9.17) is 9.84 Å². The summed E-state index contributed by atoms with van der Waals surface area (Å²) >= 11 is 1.67. The first-order valence-electron chi connectivity index (χ1n) is 5.71. The molecular weight excluding hydrogens is 260 g/mol. The van der Waals surface area contributed by atoms with E-state index in [0.717, 1.165) is 11.1 Å². The molecule has 0 aliphatic carbocycles. The SMILES string of the molecule is COc1cc(-c2cccc(SC)c2)ccc1C(=O)O. The van der Waals surface area contributed by atoms with E-state index < -0.39 is 5.97 Å². The Hall–Kier alpha value is -1.94. The molecular formula is C15H14O3S. The molecule has 0 heterocycles. The third-order valence-corrected chi connectivity index (χ3v) is 3.56. The van der Waals surface area contributed by atoms with Gasteiger partial charge < -0.3 is 9.84 Å². The highest BCUT2D eigenvalue weighted by atomic mass is 32.2. The van der Waals surface area contributed by atoms with Gasteiger partial charge in [0.25, 0.3) is 0 Å². The first-order chi connectivity index (χ1) is 9.15. The summed E-state index contributed by atoms with van der Waals surface area (Å²) in [6.07, 6.45) is 2.02. The maximum absolute atomic E-state index is 11.0. The molecule has 0 aliphatic heterocycles. The van der Waals surface area contributed by atoms with Crippen LogP contribution in [-0.4, -0.2) is 24.4 Å². The number of methoxy groups -OCH3 is 1. The molecule has 4 heteroatoms. The monoisotopic (exact) mass is 274 g/mol. The quantitative estimate of drug-likeness (QED) is 0.862. The molecule has 2 aromatic rings. The number of ether oxygens (including phenoxy) is 1. The van der Waals surface area contributed by atoms with Gasteiger partial charge in [-0.1, -0.05) is 18.2 Å². The fourth-order valence-electron chi connectivity index (χ4n) is 1.85. The second-order valence-electron chi connectivity index (χ2n) is 3.95. The lowest BCUT2D eigenvalue weighted by Crippen LogP contribution is -2.00. The lowest BCUT2D eigenvalue weighted by atomic mass is 10.0. The average molecular weight is 274 g/mol. The Morgan fingerprint density at radius 1 is 1.16 bits per heavy atom. The molecule has 1 N–H and O–H groups in total. The number of benzene rings is 2. The van der Waals surface area contributed by atoms with Crippen LogP contribution in [0, 0.1) is 0 Å². The molecule has 0 saturated heterocycles. The molecule has 98 valence electrons. The Morgan fingerprint density at radius 2 is 1.89 bits per heavy atom. The van der Waals surface area contributed by atoms with Crippen LogP contribution >= 0.6 is 11.8 Å². The predicted octanol–water partition coefficient (Wildman–Crippen LogP) is 3.78. The molecule has 0 saturated carbocycles. The van der Waals surface area contributed by atoms with Gasteiger partial charge in [-0.05, 0) is 41.6 Å². The molecule has 0 fully saturated rings. The van der Waals surface area contributed by atoms with Crippen LogP contribution in [0.25, 0.3) is 11.1 Å². The highest BCUT2D eigenvalue weighted by Crippen LogP contribution is 2.29. The number of hydrogen-bond donors (Lipinski definition) is 1. The van der Waals surface area contributed by atoms with Gasteiger partial charge in [0.15, 0.2) is 0 Å². The second kappa shape index (κ2) is 5.80. The van der Waals surface area contributed by atoms with E-state index in [-0.39, 0.29) is 5.56 Å². The van der Waals surface area contributed by atoms with Crippen LogP contribution < -0.4 is 4.74 Å². The van der Waals surface area contributed by atoms with Crippen LogP contribution in [0.2, 0.25) is 0 Å². The summed E-state index contributed by atoms with van der Waals surface area (Å²) in [6.45, 7) is 0. The zero-order valence-corrected chi connectivity index (χ0v) is 11.5. The van der Waals surface area contributed by atoms with Gasteiger partial charge >= 0.3 is 5.97 Å². The lowest BCUT2D eigenvalue weighted by Gasteiger charge is -2.09. The number of carbonyl (C=O) groups is 1. The predicted molar refractivity (Wildman–Crippen MR) is 77.2 cm³/mol. The van der Waals surface area contributed by atoms with E-state index in [9.17, 15) is 4.79 Å². The largest absolute Gasteiger partial charge is 0.496 e. The van der Waals surface area contributed by atoms with Crippen molar-refractivity contribution in [2.75, 3.05) is 13.4 Å². The molecule has 0 radical (unpaired) electrons. The third kappa shape index (κ3) is 2.90. The van der Waals surface area contributed by atoms with Crippen LogP contribution in [0.3, 0.4) is 0 Å². The molecule has 0 aromatic heterocycles. The van der Waals surface area contributed by atoms with Crippen molar-refractivity contribution in [1.29, 1.82) is 0 Å². The van der Waals surface area contributed by atoms with Crippen LogP contribution in [0.5, 0.6) is 5.75 Å². The fourth-order valence-corrected chi connectivity index (χ4v) is 2.31. The number of carboxylic acid groups (broad SMARTS) is 1. The standard InChI is InChI=1S/C15H14O3S/c1-18-14-9-11(6-7-13(14)15(16)17)10-4-3-5-12(8-10)19-2/h3-9H,1-2H3,(H,16,17). The fraction of sp³-hybridized carbons (Fsp3) is 0.133. The lowest BCUT2D eigenvalue weighted by molar-refractivity contribution is 0.0693. The van der Waals surface area contributed by atoms with E-state index >= 15 is 0 Å². The van der Waals surface area contributed by atoms with Gasteiger partial charge in [-0.3, -0.25) is 0 Å². The normalized spacial score (nSPS) is 10.2. The summed E-state index contributed by atoms with van der Waals surface area (Å²) in [7, 11) is 1.48. The minimum Gasteiger partial charge on any atom is -0.496 e. The molecule has 2 aromatic carbocycles. The number of carboxylic acids is 1. The van der Waals surface area contributed by atoms with Crippen molar-refractivity contribution in [2.24, 2.45) is 0 Å². The number of aromatic carboxylic acids is 1. The molecule has 0 aliphatic rings. The van der Waals surface area contributed by atoms with Crippen LogP contribution in [0.15, 0.2) is 47.4 Å². The van der Waals surface area contributed by atoms with Crippen molar-refractivity contribution in [2.45, 2.75) is 4.90 Å². The summed E-state index contributed by atoms with van der Waals surface area (Å²) in [6, 6.07) is 13.2. The number of rotatable bonds is 4. The maximum atomic E-state index is 11.0. The highest BCUT2D eigenvalue weighted by Gasteiger charge is 2.11. The summed E-state index contributed by atoms with van der Waals surface area (Å²) in [5.74, 6) is -0.610. The Bertz CT molecular complexity index is 608. The van der Waals surface area contributed by atoms with Crippen molar-refractivity contribution >= 4 is 17.7 Å². The van der Waals surface area contributed by atoms with Crippen LogP contribution in [0.4, 0.5) is 0 Å². The van der Waals surface area contributed by atoms with Crippen molar-refractivity contribution in [3.8, 4) is 16.9 Å². The maximum Gasteiger partial charge on any atom is 0.339 e. The Labute approximate surface area is 116 Å². The van der Waals surface area contributed by atoms with Gasteiger partial charge in [-0.2, -0.15) is 0 Å². The Kier molecular flexibility index (Phi) is 4.12. The zero-order valence-electron chi connectivity index (χ0n) is 10.7. The van der Waals surface area contributed by atoms with Crippen molar-refractivity contribution in [3.63, 3.8) is 0 Å². The van der Waals surface area contributed by atoms with Gasteiger partial charge in [0.2, 0.25) is 0 Å². The smallest absolute Gasteiger partial charge is 0.339 e. The van der Waals surface area contributed by atoms with E-state index in [1.165, 1.54) is 12.0 Å². The van der Waals surface area contributed by atoms with Gasteiger partial charge in [-0.25, -0.2) is 4.79 Å². The van der Waals surface area contributed by atoms with Gasteiger partial charge in [0, 0.05) is 4.90 Å². The summed E-state index contributed by atoms with van der Waals surface area (Å²) in [4.78, 5) is 12.2. The molecule has 0 spiro atoms. The second-order valence-corrected chi connectivity index (χ2v) is 4.83. The number of thioether (sulfide) groups is 1. The Morgan fingerprint density at radius 3 is 2.53 bits per heavy atom. The molecule has 3 nitrogen and oxygen atoms in total. The van der Waals surface area contributed by atoms with E-state index in [1.807, 2.05) is 24.5 Å². The van der Waals surface area contributed by atoms with Gasteiger partial charge in [0.05, 0.1) is 7.11 Å². The molecule has 2 rings (SSSR count). The summed E-state index contributed by atoms with van der Waals surface area (Å²) in [5.41, 5.74) is 2.16. The summed E-state index contributed by atoms with van der Waals surface area (Å²) < 4.78 is 5.14. The van der Waals surface area contributed by atoms with Crippen molar-refractivity contribution in [3.05, 3.63) is 48.0 Å². The van der Waals surface area contributed by atoms with Crippen molar-refractivity contribution in [1.82, 2.24) is 0 Å². The van der Waals surface area contributed by atoms with E-state index in [1.54, 1.807) is 30.0 Å².